The molecule has 17 nitrogen and oxygen atoms in total. The smallest absolute Gasteiger partial charge is 0.372 e. The van der Waals surface area contributed by atoms with Crippen LogP contribution >= 0.6 is 23.4 Å². The summed E-state index contributed by atoms with van der Waals surface area (Å²) in [7, 11) is 0.991. The van der Waals surface area contributed by atoms with Crippen LogP contribution in [0.3, 0.4) is 0 Å². The highest BCUT2D eigenvalue weighted by atomic mass is 35.5. The fourth-order valence-electron chi connectivity index (χ4n) is 4.68. The summed E-state index contributed by atoms with van der Waals surface area (Å²) in [5.41, 5.74) is 1.24. The molecule has 4 aromatic rings. The summed E-state index contributed by atoms with van der Waals surface area (Å²) in [6, 6.07) is 14.8. The molecule has 0 bridgehead atoms. The second-order valence-electron chi connectivity index (χ2n) is 11.7. The van der Waals surface area contributed by atoms with Crippen LogP contribution in [0.25, 0.3) is 11.3 Å². The van der Waals surface area contributed by atoms with Crippen LogP contribution in [0.4, 0.5) is 21.2 Å². The van der Waals surface area contributed by atoms with Crippen LogP contribution in [0, 0.1) is 0 Å². The van der Waals surface area contributed by atoms with Crippen molar-refractivity contribution in [2.45, 2.75) is 50.3 Å². The Morgan fingerprint density at radius 3 is 2.18 bits per heavy atom. The molecule has 0 aliphatic heterocycles. The van der Waals surface area contributed by atoms with E-state index in [9.17, 15) is 27.6 Å². The first kappa shape index (κ1) is 44.9. The standard InChI is InChI=1S/C19H23ClN2O2S.C17H20N6O7S/c1-2-3-4-5-6-10-13-25-19(23)24-16-14-17(20)21-22-18(16)15-11-8-7-9-12-15;1-23(2)15(25)11-6-5-10(18-9-24)7-12(11)31(27,28)22-17(26)21-16-19-13(29-3)8-14(20-16)30-4/h7-9,11-12,14H,2-6,10,13H2,1H3;5-9H,1-4H3,(H,18,24)(H2,19,20,21,22,26). The first-order valence-electron chi connectivity index (χ1n) is 17.1. The number of anilines is 2. The molecule has 56 heavy (non-hydrogen) atoms. The molecule has 0 saturated heterocycles. The van der Waals surface area contributed by atoms with Gasteiger partial charge in [-0.1, -0.05) is 81.0 Å². The molecule has 20 heteroatoms. The summed E-state index contributed by atoms with van der Waals surface area (Å²) < 4.78 is 42.8. The van der Waals surface area contributed by atoms with Crippen molar-refractivity contribution in [2.75, 3.05) is 44.7 Å². The number of urea groups is 1. The summed E-state index contributed by atoms with van der Waals surface area (Å²) in [4.78, 5) is 55.8. The zero-order valence-corrected chi connectivity index (χ0v) is 33.8. The van der Waals surface area contributed by atoms with E-state index in [0.717, 1.165) is 35.1 Å². The maximum absolute atomic E-state index is 12.8. The van der Waals surface area contributed by atoms with Crippen LogP contribution in [-0.4, -0.2) is 91.2 Å². The summed E-state index contributed by atoms with van der Waals surface area (Å²) in [5.74, 6) is 0.321. The zero-order chi connectivity index (χ0) is 41.1. The number of nitrogens with zero attached hydrogens (tertiary/aromatic N) is 5. The van der Waals surface area contributed by atoms with Crippen molar-refractivity contribution in [1.29, 1.82) is 0 Å². The number of halogens is 1. The van der Waals surface area contributed by atoms with Gasteiger partial charge in [-0.15, -0.1) is 10.2 Å². The number of nitrogens with one attached hydrogen (secondary N) is 3. The molecular formula is C36H43ClN8O9S2. The lowest BCUT2D eigenvalue weighted by Crippen LogP contribution is -2.36. The van der Waals surface area contributed by atoms with Crippen LogP contribution in [0.15, 0.2) is 65.6 Å². The Bertz CT molecular complexity index is 2040. The minimum absolute atomic E-state index is 0.0662. The van der Waals surface area contributed by atoms with Gasteiger partial charge in [0.1, 0.15) is 10.6 Å². The molecule has 0 fully saturated rings. The lowest BCUT2D eigenvalue weighted by atomic mass is 10.1. The number of rotatable bonds is 17. The van der Waals surface area contributed by atoms with Gasteiger partial charge in [-0.2, -0.15) is 9.97 Å². The van der Waals surface area contributed by atoms with Gasteiger partial charge in [0.05, 0.1) is 25.8 Å². The Labute approximate surface area is 334 Å². The number of hydrogen-bond acceptors (Lipinski definition) is 14. The number of hydrogen-bond donors (Lipinski definition) is 3. The second-order valence-corrected chi connectivity index (χ2v) is 14.8. The minimum atomic E-state index is -4.54. The highest BCUT2D eigenvalue weighted by Crippen LogP contribution is 2.30. The first-order valence-corrected chi connectivity index (χ1v) is 20.0. The Hall–Kier alpha value is -5.53. The Balaban J connectivity index is 0.000000307. The Morgan fingerprint density at radius 2 is 1.55 bits per heavy atom. The Kier molecular flexibility index (Phi) is 18.2. The van der Waals surface area contributed by atoms with Gasteiger partial charge in [-0.3, -0.25) is 14.9 Å². The molecule has 300 valence electrons. The molecule has 0 saturated carbocycles. The first-order chi connectivity index (χ1) is 26.8. The number of amides is 4. The van der Waals surface area contributed by atoms with Crippen LogP contribution < -0.4 is 29.6 Å². The van der Waals surface area contributed by atoms with Gasteiger partial charge in [0, 0.05) is 37.2 Å². The summed E-state index contributed by atoms with van der Waals surface area (Å²) in [6.45, 7) is 2.20. The fourth-order valence-corrected chi connectivity index (χ4v) is 6.61. The third kappa shape index (κ3) is 14.3. The predicted octanol–water partition coefficient (Wildman–Crippen LogP) is 6.66. The van der Waals surface area contributed by atoms with E-state index in [1.165, 1.54) is 90.0 Å². The molecule has 4 rings (SSSR count). The van der Waals surface area contributed by atoms with Crippen molar-refractivity contribution in [2.24, 2.45) is 0 Å². The van der Waals surface area contributed by atoms with Gasteiger partial charge in [0.2, 0.25) is 24.1 Å². The molecule has 0 unspecified atom stereocenters. The highest BCUT2D eigenvalue weighted by Gasteiger charge is 2.26. The predicted molar refractivity (Wildman–Crippen MR) is 213 cm³/mol. The number of carbonyl (C=O) groups is 4. The van der Waals surface area contributed by atoms with E-state index in [1.54, 1.807) is 4.72 Å². The van der Waals surface area contributed by atoms with E-state index in [-0.39, 0.29) is 39.4 Å². The summed E-state index contributed by atoms with van der Waals surface area (Å²) in [6.07, 6.45) is 7.54. The van der Waals surface area contributed by atoms with Gasteiger partial charge in [0.15, 0.2) is 10.9 Å². The number of benzene rings is 2. The maximum Gasteiger partial charge on any atom is 0.372 e. The van der Waals surface area contributed by atoms with E-state index >= 15 is 0 Å². The van der Waals surface area contributed by atoms with Gasteiger partial charge in [-0.05, 0) is 36.4 Å². The summed E-state index contributed by atoms with van der Waals surface area (Å²) >= 11 is 7.10. The van der Waals surface area contributed by atoms with E-state index in [4.69, 9.17) is 25.8 Å². The van der Waals surface area contributed by atoms with Crippen LogP contribution in [0.5, 0.6) is 17.5 Å². The monoisotopic (exact) mass is 830 g/mol. The Morgan fingerprint density at radius 1 is 0.893 bits per heavy atom. The minimum Gasteiger partial charge on any atom is -0.481 e. The number of methoxy groups -OCH3 is 2. The number of thioether (sulfide) groups is 1. The molecule has 0 radical (unpaired) electrons. The topological polar surface area (TPSA) is 221 Å². The van der Waals surface area contributed by atoms with Crippen molar-refractivity contribution < 1.29 is 41.8 Å². The van der Waals surface area contributed by atoms with E-state index in [2.05, 4.69) is 37.7 Å². The van der Waals surface area contributed by atoms with Gasteiger partial charge in [0.25, 0.3) is 15.9 Å². The molecule has 2 aromatic carbocycles. The lowest BCUT2D eigenvalue weighted by Gasteiger charge is -2.16. The third-order valence-electron chi connectivity index (χ3n) is 7.37. The van der Waals surface area contributed by atoms with Crippen LogP contribution in [0.2, 0.25) is 5.15 Å². The maximum atomic E-state index is 12.8. The summed E-state index contributed by atoms with van der Waals surface area (Å²) in [5, 5.41) is 12.2. The van der Waals surface area contributed by atoms with Crippen molar-refractivity contribution >= 4 is 68.7 Å². The van der Waals surface area contributed by atoms with Gasteiger partial charge < -0.3 is 24.4 Å². The molecule has 3 N–H and O–H groups in total. The van der Waals surface area contributed by atoms with Gasteiger partial charge >= 0.3 is 11.3 Å². The highest BCUT2D eigenvalue weighted by molar-refractivity contribution is 8.13. The van der Waals surface area contributed by atoms with Crippen molar-refractivity contribution in [1.82, 2.24) is 29.8 Å². The largest absolute Gasteiger partial charge is 0.481 e. The van der Waals surface area contributed by atoms with E-state index in [0.29, 0.717) is 17.9 Å². The van der Waals surface area contributed by atoms with Crippen LogP contribution in [0.1, 0.15) is 55.8 Å². The lowest BCUT2D eigenvalue weighted by molar-refractivity contribution is -0.105. The molecule has 0 atom stereocenters. The quantitative estimate of drug-likeness (QED) is 0.0575. The molecule has 2 heterocycles. The molecule has 0 aliphatic rings. The molecular weight excluding hydrogens is 788 g/mol. The number of unbranched alkanes of at least 4 members (excludes halogenated alkanes) is 5. The SMILES string of the molecule is CCCCCCCCSC(=O)Oc1cc(Cl)nnc1-c1ccccc1.COc1cc(OC)nc(NC(=O)NS(=O)(=O)c2cc(NC=O)ccc2C(=O)N(C)C)n1. The zero-order valence-electron chi connectivity index (χ0n) is 31.4. The average molecular weight is 831 g/mol. The number of sulfonamides is 1. The van der Waals surface area contributed by atoms with E-state index < -0.39 is 26.9 Å². The third-order valence-corrected chi connectivity index (χ3v) is 9.74. The molecule has 2 aromatic heterocycles. The molecule has 0 spiro atoms. The number of carbonyl (C=O) groups excluding carboxylic acids is 4. The van der Waals surface area contributed by atoms with Gasteiger partial charge in [-0.25, -0.2) is 22.7 Å². The van der Waals surface area contributed by atoms with E-state index in [1.807, 2.05) is 30.3 Å². The van der Waals surface area contributed by atoms with Crippen LogP contribution in [-0.2, 0) is 14.8 Å². The van der Waals surface area contributed by atoms with Crippen molar-refractivity contribution in [3.63, 3.8) is 0 Å². The number of aromatic nitrogens is 4. The molecule has 4 amide bonds. The average Bonchev–Trinajstić information content (AvgIpc) is 3.17. The second kappa shape index (κ2) is 22.8. The van der Waals surface area contributed by atoms with Crippen molar-refractivity contribution in [3.8, 4) is 28.8 Å². The van der Waals surface area contributed by atoms with Crippen molar-refractivity contribution in [3.05, 3.63) is 71.4 Å². The fraction of sp³-hybridized carbons (Fsp3) is 0.333. The molecule has 0 aliphatic carbocycles. The number of ether oxygens (including phenoxy) is 3. The normalized spacial score (nSPS) is 10.6.